The van der Waals surface area contributed by atoms with Gasteiger partial charge in [0.15, 0.2) is 5.75 Å². The second-order valence-electron chi connectivity index (χ2n) is 6.39. The zero-order chi connectivity index (χ0) is 23.4. The van der Waals surface area contributed by atoms with Crippen LogP contribution in [0.5, 0.6) is 11.5 Å². The lowest BCUT2D eigenvalue weighted by atomic mass is 10.1. The number of benzene rings is 2. The minimum Gasteiger partial charge on any atom is -0.452 e. The Bertz CT molecular complexity index is 1440. The molecule has 166 valence electrons. The standard InChI is InChI=1S/C20H14FN7O3S2/c1-23-19-24-10-17(18(27-19)12-2-4-14(21)5-3-12)31-16-7-6-15(8-13(16)9-22)33(29,30)28-20-25-11-26-32-20/h2-8,10-11H,1H3,(H,23,24,27)(H,25,26,28). The molecule has 0 aliphatic rings. The number of ether oxygens (including phenoxy) is 1. The Hall–Kier alpha value is -4.15. The van der Waals surface area contributed by atoms with Crippen molar-refractivity contribution in [3.05, 3.63) is 66.4 Å². The van der Waals surface area contributed by atoms with E-state index in [2.05, 4.69) is 29.4 Å². The van der Waals surface area contributed by atoms with E-state index >= 15 is 0 Å². The largest absolute Gasteiger partial charge is 0.452 e. The molecule has 0 spiro atoms. The molecule has 0 unspecified atom stereocenters. The fourth-order valence-electron chi connectivity index (χ4n) is 2.74. The van der Waals surface area contributed by atoms with Crippen LogP contribution in [0.1, 0.15) is 5.56 Å². The lowest BCUT2D eigenvalue weighted by Crippen LogP contribution is -2.13. The van der Waals surface area contributed by atoms with E-state index in [1.165, 1.54) is 55.0 Å². The predicted molar refractivity (Wildman–Crippen MR) is 119 cm³/mol. The number of sulfonamides is 1. The summed E-state index contributed by atoms with van der Waals surface area (Å²) in [6.45, 7) is 0. The van der Waals surface area contributed by atoms with Crippen LogP contribution in [0, 0.1) is 17.1 Å². The number of halogens is 1. The molecule has 0 saturated heterocycles. The summed E-state index contributed by atoms with van der Waals surface area (Å²) >= 11 is 0.879. The minimum absolute atomic E-state index is 0.0297. The monoisotopic (exact) mass is 483 g/mol. The van der Waals surface area contributed by atoms with Gasteiger partial charge in [-0.3, -0.25) is 4.72 Å². The van der Waals surface area contributed by atoms with Crippen LogP contribution in [0.25, 0.3) is 11.3 Å². The average Bonchev–Trinajstić information content (AvgIpc) is 3.32. The van der Waals surface area contributed by atoms with Crippen molar-refractivity contribution < 1.29 is 17.5 Å². The third-order valence-corrected chi connectivity index (χ3v) is 6.33. The van der Waals surface area contributed by atoms with Gasteiger partial charge in [-0.2, -0.15) is 9.64 Å². The maximum atomic E-state index is 13.4. The Morgan fingerprint density at radius 1 is 1.12 bits per heavy atom. The van der Waals surface area contributed by atoms with E-state index in [9.17, 15) is 18.1 Å². The molecule has 4 aromatic rings. The van der Waals surface area contributed by atoms with Crippen molar-refractivity contribution in [2.75, 3.05) is 17.1 Å². The summed E-state index contributed by atoms with van der Waals surface area (Å²) in [5.41, 5.74) is 0.884. The molecule has 2 aromatic carbocycles. The smallest absolute Gasteiger partial charge is 0.263 e. The van der Waals surface area contributed by atoms with Gasteiger partial charge in [-0.1, -0.05) is 0 Å². The van der Waals surface area contributed by atoms with Crippen LogP contribution in [-0.4, -0.2) is 34.8 Å². The van der Waals surface area contributed by atoms with Gasteiger partial charge in [0.05, 0.1) is 16.7 Å². The molecule has 0 fully saturated rings. The summed E-state index contributed by atoms with van der Waals surface area (Å²) in [4.78, 5) is 12.1. The number of nitrogens with zero attached hydrogens (tertiary/aromatic N) is 5. The first-order valence-corrected chi connectivity index (χ1v) is 11.5. The quantitative estimate of drug-likeness (QED) is 0.403. The Balaban J connectivity index is 1.70. The number of rotatable bonds is 7. The van der Waals surface area contributed by atoms with Gasteiger partial charge >= 0.3 is 0 Å². The number of anilines is 2. The first-order chi connectivity index (χ1) is 15.9. The van der Waals surface area contributed by atoms with Crippen LogP contribution < -0.4 is 14.8 Å². The van der Waals surface area contributed by atoms with Crippen LogP contribution in [0.2, 0.25) is 0 Å². The maximum Gasteiger partial charge on any atom is 0.263 e. The van der Waals surface area contributed by atoms with Crippen LogP contribution in [-0.2, 0) is 10.0 Å². The summed E-state index contributed by atoms with van der Waals surface area (Å²) in [5.74, 6) is 0.192. The van der Waals surface area contributed by atoms with Gasteiger partial charge in [-0.05, 0) is 42.5 Å². The van der Waals surface area contributed by atoms with E-state index in [-0.39, 0.29) is 27.1 Å². The van der Waals surface area contributed by atoms with Gasteiger partial charge < -0.3 is 10.1 Å². The van der Waals surface area contributed by atoms with E-state index in [4.69, 9.17) is 4.74 Å². The van der Waals surface area contributed by atoms with Crippen molar-refractivity contribution in [2.24, 2.45) is 0 Å². The summed E-state index contributed by atoms with van der Waals surface area (Å²) in [7, 11) is -2.34. The van der Waals surface area contributed by atoms with E-state index in [0.29, 0.717) is 17.2 Å². The summed E-state index contributed by atoms with van der Waals surface area (Å²) < 4.78 is 50.5. The van der Waals surface area contributed by atoms with Gasteiger partial charge in [0.2, 0.25) is 11.1 Å². The Kier molecular flexibility index (Phi) is 6.11. The molecule has 0 saturated carbocycles. The van der Waals surface area contributed by atoms with Crippen LogP contribution in [0.3, 0.4) is 0 Å². The molecule has 13 heteroatoms. The highest BCUT2D eigenvalue weighted by molar-refractivity contribution is 7.93. The number of nitrogens with one attached hydrogen (secondary N) is 2. The number of aromatic nitrogens is 4. The molecule has 0 aliphatic heterocycles. The Morgan fingerprint density at radius 3 is 2.58 bits per heavy atom. The molecule has 0 atom stereocenters. The fraction of sp³-hybridized carbons (Fsp3) is 0.0500. The molecule has 0 bridgehead atoms. The van der Waals surface area contributed by atoms with Gasteiger partial charge in [0, 0.05) is 24.1 Å². The molecule has 2 N–H and O–H groups in total. The average molecular weight is 484 g/mol. The van der Waals surface area contributed by atoms with Gasteiger partial charge in [-0.15, -0.1) is 0 Å². The Morgan fingerprint density at radius 2 is 1.91 bits per heavy atom. The molecule has 0 amide bonds. The fourth-order valence-corrected chi connectivity index (χ4v) is 4.43. The first kappa shape index (κ1) is 22.1. The molecule has 2 aromatic heterocycles. The molecule has 0 aliphatic carbocycles. The van der Waals surface area contributed by atoms with Gasteiger partial charge in [0.1, 0.15) is 29.7 Å². The van der Waals surface area contributed by atoms with Crippen molar-refractivity contribution in [3.8, 4) is 28.8 Å². The minimum atomic E-state index is -3.99. The third-order valence-electron chi connectivity index (χ3n) is 4.28. The second kappa shape index (κ2) is 9.15. The molecule has 4 rings (SSSR count). The lowest BCUT2D eigenvalue weighted by molar-refractivity contribution is 0.478. The number of nitriles is 1. The topological polar surface area (TPSA) is 143 Å². The molecule has 33 heavy (non-hydrogen) atoms. The van der Waals surface area contributed by atoms with Crippen molar-refractivity contribution in [3.63, 3.8) is 0 Å². The van der Waals surface area contributed by atoms with E-state index in [0.717, 1.165) is 11.5 Å². The summed E-state index contributed by atoms with van der Waals surface area (Å²) in [6, 6.07) is 11.4. The molecule has 0 radical (unpaired) electrons. The first-order valence-electron chi connectivity index (χ1n) is 9.22. The molecular weight excluding hydrogens is 469 g/mol. The van der Waals surface area contributed by atoms with Crippen LogP contribution in [0.4, 0.5) is 15.5 Å². The van der Waals surface area contributed by atoms with Crippen molar-refractivity contribution in [2.45, 2.75) is 4.90 Å². The van der Waals surface area contributed by atoms with Gasteiger partial charge in [-0.25, -0.2) is 27.8 Å². The number of hydrogen-bond donors (Lipinski definition) is 2. The summed E-state index contributed by atoms with van der Waals surface area (Å²) in [6.07, 6.45) is 2.63. The predicted octanol–water partition coefficient (Wildman–Crippen LogP) is 3.64. The zero-order valence-electron chi connectivity index (χ0n) is 16.9. The molecule has 2 heterocycles. The van der Waals surface area contributed by atoms with Gasteiger partial charge in [0.25, 0.3) is 10.0 Å². The Labute approximate surface area is 192 Å². The van der Waals surface area contributed by atoms with Crippen molar-refractivity contribution in [1.82, 2.24) is 19.3 Å². The van der Waals surface area contributed by atoms with E-state index < -0.39 is 15.8 Å². The second-order valence-corrected chi connectivity index (χ2v) is 8.85. The lowest BCUT2D eigenvalue weighted by Gasteiger charge is -2.13. The summed E-state index contributed by atoms with van der Waals surface area (Å²) in [5, 5.41) is 12.5. The maximum absolute atomic E-state index is 13.4. The third kappa shape index (κ3) is 4.86. The highest BCUT2D eigenvalue weighted by Crippen LogP contribution is 2.34. The van der Waals surface area contributed by atoms with Crippen molar-refractivity contribution >= 4 is 32.6 Å². The SMILES string of the molecule is CNc1ncc(Oc2ccc(S(=O)(=O)Nc3ncns3)cc2C#N)c(-c2ccc(F)cc2)n1. The molecular formula is C20H14FN7O3S2. The number of hydrogen-bond acceptors (Lipinski definition) is 10. The van der Waals surface area contributed by atoms with E-state index in [1.807, 2.05) is 6.07 Å². The zero-order valence-corrected chi connectivity index (χ0v) is 18.5. The van der Waals surface area contributed by atoms with Crippen LogP contribution in [0.15, 0.2) is 59.9 Å². The highest BCUT2D eigenvalue weighted by atomic mass is 32.2. The highest BCUT2D eigenvalue weighted by Gasteiger charge is 2.20. The van der Waals surface area contributed by atoms with Crippen LogP contribution >= 0.6 is 11.5 Å². The molecule has 10 nitrogen and oxygen atoms in total. The normalized spacial score (nSPS) is 10.9. The van der Waals surface area contributed by atoms with E-state index in [1.54, 1.807) is 7.05 Å². The van der Waals surface area contributed by atoms with Crippen molar-refractivity contribution in [1.29, 1.82) is 5.26 Å².